The van der Waals surface area contributed by atoms with Crippen molar-refractivity contribution in [3.63, 3.8) is 0 Å². The molecule has 0 bridgehead atoms. The van der Waals surface area contributed by atoms with Crippen LogP contribution in [-0.2, 0) is 16.7 Å². The fraction of sp³-hybridized carbons (Fsp3) is 0.273. The molecule has 37 heavy (non-hydrogen) atoms. The first-order valence-corrected chi connectivity index (χ1v) is 13.2. The maximum Gasteiger partial charge on any atom is 0.125 e. The van der Waals surface area contributed by atoms with Crippen LogP contribution >= 0.6 is 0 Å². The van der Waals surface area contributed by atoms with Crippen molar-refractivity contribution in [2.75, 3.05) is 26.3 Å². The molecule has 1 N–H and O–H groups in total. The second kappa shape index (κ2) is 10.5. The molecule has 1 fully saturated rings. The topological polar surface area (TPSA) is 41.9 Å². The number of nitrogens with zero attached hydrogens (tertiary/aromatic N) is 1. The summed E-state index contributed by atoms with van der Waals surface area (Å²) in [6, 6.07) is 38.4. The SMILES string of the molecule is OC1CCc2cccc(OCC3CN(C(c4ccccc4)(c4ccccc4)c4ccccc4)CCO3)c21. The van der Waals surface area contributed by atoms with Crippen molar-refractivity contribution in [2.24, 2.45) is 0 Å². The van der Waals surface area contributed by atoms with Gasteiger partial charge in [0.05, 0.1) is 18.2 Å². The van der Waals surface area contributed by atoms with Crippen LogP contribution in [0.2, 0.25) is 0 Å². The summed E-state index contributed by atoms with van der Waals surface area (Å²) in [5.74, 6) is 0.781. The van der Waals surface area contributed by atoms with Crippen molar-refractivity contribution in [1.29, 1.82) is 0 Å². The lowest BCUT2D eigenvalue weighted by Crippen LogP contribution is -2.56. The van der Waals surface area contributed by atoms with Gasteiger partial charge in [-0.15, -0.1) is 0 Å². The molecule has 4 nitrogen and oxygen atoms in total. The molecular weight excluding hydrogens is 458 g/mol. The van der Waals surface area contributed by atoms with Gasteiger partial charge < -0.3 is 14.6 Å². The summed E-state index contributed by atoms with van der Waals surface area (Å²) in [4.78, 5) is 2.55. The van der Waals surface area contributed by atoms with E-state index in [1.165, 1.54) is 22.3 Å². The van der Waals surface area contributed by atoms with Crippen LogP contribution in [0.5, 0.6) is 5.75 Å². The number of hydrogen-bond donors (Lipinski definition) is 1. The summed E-state index contributed by atoms with van der Waals surface area (Å²) in [6.07, 6.45) is 1.11. The lowest BCUT2D eigenvalue weighted by atomic mass is 9.75. The van der Waals surface area contributed by atoms with E-state index in [9.17, 15) is 5.11 Å². The predicted octanol–water partition coefficient (Wildman–Crippen LogP) is 5.74. The van der Waals surface area contributed by atoms with E-state index in [-0.39, 0.29) is 6.10 Å². The van der Waals surface area contributed by atoms with Gasteiger partial charge in [-0.05, 0) is 41.2 Å². The van der Waals surface area contributed by atoms with Crippen molar-refractivity contribution in [3.8, 4) is 5.75 Å². The average Bonchev–Trinajstić information content (AvgIpc) is 3.36. The molecular formula is C33H33NO3. The smallest absolute Gasteiger partial charge is 0.125 e. The fourth-order valence-corrected chi connectivity index (χ4v) is 6.14. The Balaban J connectivity index is 1.35. The summed E-state index contributed by atoms with van der Waals surface area (Å²) in [5, 5.41) is 10.5. The number of ether oxygens (including phenoxy) is 2. The van der Waals surface area contributed by atoms with Crippen LogP contribution < -0.4 is 4.74 Å². The molecule has 1 heterocycles. The molecule has 0 saturated carbocycles. The third kappa shape index (κ3) is 4.46. The van der Waals surface area contributed by atoms with Gasteiger partial charge in [-0.2, -0.15) is 0 Å². The molecule has 1 aliphatic carbocycles. The molecule has 4 heteroatoms. The second-order valence-electron chi connectivity index (χ2n) is 9.94. The van der Waals surface area contributed by atoms with E-state index >= 15 is 0 Å². The van der Waals surface area contributed by atoms with Gasteiger partial charge in [0.15, 0.2) is 0 Å². The third-order valence-electron chi connectivity index (χ3n) is 7.79. The van der Waals surface area contributed by atoms with Gasteiger partial charge in [0, 0.05) is 18.7 Å². The monoisotopic (exact) mass is 491 g/mol. The third-order valence-corrected chi connectivity index (χ3v) is 7.79. The van der Waals surface area contributed by atoms with Crippen molar-refractivity contribution < 1.29 is 14.6 Å². The standard InChI is InChI=1S/C33H33NO3/c35-30-20-19-25-11-10-18-31(32(25)30)37-24-29-23-34(21-22-36-29)33(26-12-4-1-5-13-26,27-14-6-2-7-15-27)28-16-8-3-9-17-28/h1-18,29-30,35H,19-24H2. The van der Waals surface area contributed by atoms with Crippen molar-refractivity contribution >= 4 is 0 Å². The largest absolute Gasteiger partial charge is 0.490 e. The summed E-state index contributed by atoms with van der Waals surface area (Å²) in [7, 11) is 0. The van der Waals surface area contributed by atoms with Crippen LogP contribution in [0.4, 0.5) is 0 Å². The lowest BCUT2D eigenvalue weighted by molar-refractivity contribution is -0.0697. The summed E-state index contributed by atoms with van der Waals surface area (Å²) in [6.45, 7) is 2.58. The quantitative estimate of drug-likeness (QED) is 0.335. The zero-order valence-corrected chi connectivity index (χ0v) is 21.0. The minimum absolute atomic E-state index is 0.0985. The van der Waals surface area contributed by atoms with Crippen LogP contribution in [0.3, 0.4) is 0 Å². The molecule has 1 saturated heterocycles. The molecule has 4 aromatic rings. The maximum absolute atomic E-state index is 10.5. The molecule has 0 radical (unpaired) electrons. The predicted molar refractivity (Wildman–Crippen MR) is 146 cm³/mol. The molecule has 2 atom stereocenters. The number of benzene rings is 4. The molecule has 4 aromatic carbocycles. The number of morpholine rings is 1. The first-order chi connectivity index (χ1) is 18.3. The van der Waals surface area contributed by atoms with E-state index in [0.717, 1.165) is 37.2 Å². The van der Waals surface area contributed by atoms with E-state index < -0.39 is 11.6 Å². The molecule has 2 unspecified atom stereocenters. The number of rotatable bonds is 7. The molecule has 0 amide bonds. The molecule has 0 aromatic heterocycles. The van der Waals surface area contributed by atoms with Crippen LogP contribution in [0.15, 0.2) is 109 Å². The Morgan fingerprint density at radius 2 is 1.38 bits per heavy atom. The Kier molecular flexibility index (Phi) is 6.79. The van der Waals surface area contributed by atoms with Gasteiger partial charge in [-0.1, -0.05) is 103 Å². The van der Waals surface area contributed by atoms with E-state index in [1.54, 1.807) is 0 Å². The first-order valence-electron chi connectivity index (χ1n) is 13.2. The summed E-state index contributed by atoms with van der Waals surface area (Å²) >= 11 is 0. The highest BCUT2D eigenvalue weighted by atomic mass is 16.5. The second-order valence-corrected chi connectivity index (χ2v) is 9.94. The number of hydrogen-bond acceptors (Lipinski definition) is 4. The Morgan fingerprint density at radius 3 is 1.97 bits per heavy atom. The number of aliphatic hydroxyl groups is 1. The molecule has 1 aliphatic heterocycles. The fourth-order valence-electron chi connectivity index (χ4n) is 6.14. The molecule has 6 rings (SSSR count). The van der Waals surface area contributed by atoms with E-state index in [4.69, 9.17) is 9.47 Å². The van der Waals surface area contributed by atoms with Crippen LogP contribution in [0.1, 0.15) is 40.3 Å². The zero-order valence-electron chi connectivity index (χ0n) is 21.0. The van der Waals surface area contributed by atoms with Crippen molar-refractivity contribution in [3.05, 3.63) is 137 Å². The first kappa shape index (κ1) is 23.9. The lowest BCUT2D eigenvalue weighted by Gasteiger charge is -2.48. The number of fused-ring (bicyclic) bond motifs is 1. The van der Waals surface area contributed by atoms with Gasteiger partial charge >= 0.3 is 0 Å². The Bertz CT molecular complexity index is 1210. The Labute approximate surface area is 219 Å². The van der Waals surface area contributed by atoms with E-state index in [1.807, 2.05) is 12.1 Å². The maximum atomic E-state index is 10.5. The molecule has 2 aliphatic rings. The van der Waals surface area contributed by atoms with Gasteiger partial charge in [0.25, 0.3) is 0 Å². The van der Waals surface area contributed by atoms with Gasteiger partial charge in [-0.25, -0.2) is 0 Å². The van der Waals surface area contributed by atoms with E-state index in [0.29, 0.717) is 13.2 Å². The highest BCUT2D eigenvalue weighted by Gasteiger charge is 2.44. The average molecular weight is 492 g/mol. The Hall–Kier alpha value is -3.44. The number of aliphatic hydroxyl groups excluding tert-OH is 1. The molecule has 188 valence electrons. The highest BCUT2D eigenvalue weighted by molar-refractivity contribution is 5.50. The van der Waals surface area contributed by atoms with Crippen LogP contribution in [0.25, 0.3) is 0 Å². The van der Waals surface area contributed by atoms with Crippen molar-refractivity contribution in [2.45, 2.75) is 30.6 Å². The summed E-state index contributed by atoms with van der Waals surface area (Å²) < 4.78 is 12.6. The van der Waals surface area contributed by atoms with Gasteiger partial charge in [-0.3, -0.25) is 4.90 Å². The normalized spacial score (nSPS) is 19.9. The Morgan fingerprint density at radius 1 is 0.784 bits per heavy atom. The minimum atomic E-state index is -0.462. The highest BCUT2D eigenvalue weighted by Crippen LogP contribution is 2.43. The molecule has 0 spiro atoms. The van der Waals surface area contributed by atoms with E-state index in [2.05, 4.69) is 102 Å². The van der Waals surface area contributed by atoms with Crippen molar-refractivity contribution in [1.82, 2.24) is 4.90 Å². The van der Waals surface area contributed by atoms with Crippen LogP contribution in [0, 0.1) is 0 Å². The summed E-state index contributed by atoms with van der Waals surface area (Å²) in [5.41, 5.74) is 5.37. The number of aryl methyl sites for hydroxylation is 1. The zero-order chi connectivity index (χ0) is 25.1. The minimum Gasteiger partial charge on any atom is -0.490 e. The van der Waals surface area contributed by atoms with Gasteiger partial charge in [0.2, 0.25) is 0 Å². The van der Waals surface area contributed by atoms with Gasteiger partial charge in [0.1, 0.15) is 18.5 Å². The van der Waals surface area contributed by atoms with Crippen LogP contribution in [-0.4, -0.2) is 42.4 Å².